The molecule has 24 heavy (non-hydrogen) atoms. The van der Waals surface area contributed by atoms with Crippen molar-refractivity contribution in [1.82, 2.24) is 9.80 Å². The van der Waals surface area contributed by atoms with Crippen LogP contribution in [-0.4, -0.2) is 75.5 Å². The normalized spacial score (nSPS) is 16.2. The van der Waals surface area contributed by atoms with Crippen LogP contribution in [0.3, 0.4) is 0 Å². The fraction of sp³-hybridized carbons (Fsp3) is 0.533. The second-order valence-corrected chi connectivity index (χ2v) is 8.38. The Morgan fingerprint density at radius 2 is 1.96 bits per heavy atom. The number of amides is 1. The fourth-order valence-corrected chi connectivity index (χ4v) is 3.15. The molecule has 2 rings (SSSR count). The van der Waals surface area contributed by atoms with E-state index in [-0.39, 0.29) is 29.0 Å². The van der Waals surface area contributed by atoms with E-state index in [0.29, 0.717) is 32.7 Å². The van der Waals surface area contributed by atoms with Crippen LogP contribution in [0.15, 0.2) is 18.2 Å². The molecule has 1 aliphatic heterocycles. The van der Waals surface area contributed by atoms with Crippen LogP contribution in [0.5, 0.6) is 5.75 Å². The van der Waals surface area contributed by atoms with Gasteiger partial charge in [0.1, 0.15) is 21.4 Å². The van der Waals surface area contributed by atoms with Crippen molar-refractivity contribution < 1.29 is 22.3 Å². The molecule has 1 aromatic carbocycles. The summed E-state index contributed by atoms with van der Waals surface area (Å²) in [5.74, 6) is -0.270. The van der Waals surface area contributed by atoms with Crippen LogP contribution in [0.1, 0.15) is 0 Å². The number of ether oxygens (including phenoxy) is 1. The molecule has 1 saturated heterocycles. The van der Waals surface area contributed by atoms with E-state index in [1.165, 1.54) is 18.4 Å². The first-order valence-corrected chi connectivity index (χ1v) is 9.94. The minimum Gasteiger partial charge on any atom is -0.482 e. The topological polar surface area (TPSA) is 66.9 Å². The molecule has 0 aromatic heterocycles. The number of sulfone groups is 1. The van der Waals surface area contributed by atoms with Crippen molar-refractivity contribution in [3.63, 3.8) is 0 Å². The van der Waals surface area contributed by atoms with Gasteiger partial charge in [0, 0.05) is 39.0 Å². The van der Waals surface area contributed by atoms with Gasteiger partial charge >= 0.3 is 0 Å². The van der Waals surface area contributed by atoms with E-state index < -0.39 is 15.7 Å². The molecule has 0 unspecified atom stereocenters. The number of benzene rings is 1. The van der Waals surface area contributed by atoms with Crippen LogP contribution in [0.4, 0.5) is 4.39 Å². The molecule has 134 valence electrons. The van der Waals surface area contributed by atoms with Crippen molar-refractivity contribution in [2.45, 2.75) is 0 Å². The van der Waals surface area contributed by atoms with Gasteiger partial charge in [-0.3, -0.25) is 9.69 Å². The van der Waals surface area contributed by atoms with Gasteiger partial charge in [0.25, 0.3) is 5.91 Å². The average Bonchev–Trinajstić information content (AvgIpc) is 2.51. The lowest BCUT2D eigenvalue weighted by Crippen LogP contribution is -2.50. The minimum atomic E-state index is -2.98. The summed E-state index contributed by atoms with van der Waals surface area (Å²) < 4.78 is 40.6. The van der Waals surface area contributed by atoms with Crippen molar-refractivity contribution >= 4 is 27.3 Å². The maximum atomic E-state index is 13.0. The Morgan fingerprint density at radius 3 is 2.54 bits per heavy atom. The Kier molecular flexibility index (Phi) is 6.42. The van der Waals surface area contributed by atoms with Crippen LogP contribution in [0, 0.1) is 5.82 Å². The smallest absolute Gasteiger partial charge is 0.260 e. The van der Waals surface area contributed by atoms with Crippen LogP contribution < -0.4 is 4.74 Å². The third-order valence-electron chi connectivity index (χ3n) is 3.75. The van der Waals surface area contributed by atoms with Crippen molar-refractivity contribution in [1.29, 1.82) is 0 Å². The van der Waals surface area contributed by atoms with Gasteiger partial charge in [0.15, 0.2) is 6.61 Å². The summed E-state index contributed by atoms with van der Waals surface area (Å²) >= 11 is 5.84. The summed E-state index contributed by atoms with van der Waals surface area (Å²) in [4.78, 5) is 15.8. The van der Waals surface area contributed by atoms with Crippen molar-refractivity contribution in [2.24, 2.45) is 0 Å². The SMILES string of the molecule is CS(=O)(=O)CCN1CCN(C(=O)COc2ccc(F)cc2Cl)CC1. The summed E-state index contributed by atoms with van der Waals surface area (Å²) in [6, 6.07) is 3.72. The number of halogens is 2. The molecule has 0 radical (unpaired) electrons. The number of hydrogen-bond donors (Lipinski definition) is 0. The van der Waals surface area contributed by atoms with Crippen molar-refractivity contribution in [3.8, 4) is 5.75 Å². The maximum Gasteiger partial charge on any atom is 0.260 e. The second kappa shape index (κ2) is 8.13. The number of nitrogens with zero attached hydrogens (tertiary/aromatic N) is 2. The highest BCUT2D eigenvalue weighted by Crippen LogP contribution is 2.24. The highest BCUT2D eigenvalue weighted by molar-refractivity contribution is 7.90. The Balaban J connectivity index is 1.76. The Bertz CT molecular complexity index is 691. The molecule has 1 fully saturated rings. The molecular weight excluding hydrogens is 359 g/mol. The second-order valence-electron chi connectivity index (χ2n) is 5.72. The summed E-state index contributed by atoms with van der Waals surface area (Å²) in [7, 11) is -2.98. The van der Waals surface area contributed by atoms with Gasteiger partial charge in [-0.1, -0.05) is 11.6 Å². The number of rotatable bonds is 6. The van der Waals surface area contributed by atoms with Gasteiger partial charge in [0.05, 0.1) is 10.8 Å². The van der Waals surface area contributed by atoms with E-state index in [0.717, 1.165) is 6.07 Å². The lowest BCUT2D eigenvalue weighted by atomic mass is 10.3. The zero-order chi connectivity index (χ0) is 17.7. The van der Waals surface area contributed by atoms with Gasteiger partial charge in [-0.25, -0.2) is 12.8 Å². The van der Waals surface area contributed by atoms with E-state index in [9.17, 15) is 17.6 Å². The molecular formula is C15H20ClFN2O4S. The molecule has 9 heteroatoms. The van der Waals surface area contributed by atoms with Gasteiger partial charge in [-0.05, 0) is 18.2 Å². The molecule has 0 atom stereocenters. The zero-order valence-corrected chi connectivity index (χ0v) is 14.9. The first-order chi connectivity index (χ1) is 11.2. The predicted molar refractivity (Wildman–Crippen MR) is 89.6 cm³/mol. The van der Waals surface area contributed by atoms with Gasteiger partial charge in [-0.2, -0.15) is 0 Å². The van der Waals surface area contributed by atoms with E-state index in [1.807, 2.05) is 4.90 Å². The number of piperazine rings is 1. The lowest BCUT2D eigenvalue weighted by Gasteiger charge is -2.34. The molecule has 0 saturated carbocycles. The molecule has 0 N–H and O–H groups in total. The van der Waals surface area contributed by atoms with E-state index in [4.69, 9.17) is 16.3 Å². The van der Waals surface area contributed by atoms with Crippen LogP contribution in [0.25, 0.3) is 0 Å². The molecule has 1 aromatic rings. The molecule has 0 spiro atoms. The monoisotopic (exact) mass is 378 g/mol. The fourth-order valence-electron chi connectivity index (χ4n) is 2.34. The predicted octanol–water partition coefficient (Wildman–Crippen LogP) is 1.05. The molecule has 0 aliphatic carbocycles. The van der Waals surface area contributed by atoms with E-state index in [2.05, 4.69) is 0 Å². The molecule has 1 amide bonds. The zero-order valence-electron chi connectivity index (χ0n) is 13.4. The molecule has 1 heterocycles. The Labute approximate surface area is 146 Å². The third-order valence-corrected chi connectivity index (χ3v) is 4.97. The molecule has 6 nitrogen and oxygen atoms in total. The van der Waals surface area contributed by atoms with E-state index in [1.54, 1.807) is 4.90 Å². The average molecular weight is 379 g/mol. The maximum absolute atomic E-state index is 13.0. The van der Waals surface area contributed by atoms with Gasteiger partial charge in [-0.15, -0.1) is 0 Å². The number of carbonyl (C=O) groups is 1. The number of carbonyl (C=O) groups excluding carboxylic acids is 1. The highest BCUT2D eigenvalue weighted by atomic mass is 35.5. The van der Waals surface area contributed by atoms with Crippen LogP contribution in [0.2, 0.25) is 5.02 Å². The molecule has 1 aliphatic rings. The van der Waals surface area contributed by atoms with Crippen LogP contribution in [-0.2, 0) is 14.6 Å². The highest BCUT2D eigenvalue weighted by Gasteiger charge is 2.22. The van der Waals surface area contributed by atoms with Crippen molar-refractivity contribution in [3.05, 3.63) is 29.0 Å². The Morgan fingerprint density at radius 1 is 1.29 bits per heavy atom. The number of hydrogen-bond acceptors (Lipinski definition) is 5. The standard InChI is InChI=1S/C15H20ClFN2O4S/c1-24(21,22)9-8-18-4-6-19(7-5-18)15(20)11-23-14-3-2-12(17)10-13(14)16/h2-3,10H,4-9,11H2,1H3. The first kappa shape index (κ1) is 19.0. The summed E-state index contributed by atoms with van der Waals surface area (Å²) in [5.41, 5.74) is 0. The minimum absolute atomic E-state index is 0.118. The van der Waals surface area contributed by atoms with Gasteiger partial charge in [0.2, 0.25) is 0 Å². The first-order valence-electron chi connectivity index (χ1n) is 7.50. The van der Waals surface area contributed by atoms with Crippen LogP contribution >= 0.6 is 11.6 Å². The van der Waals surface area contributed by atoms with Gasteiger partial charge < -0.3 is 9.64 Å². The Hall–Kier alpha value is -1.38. The molecule has 0 bridgehead atoms. The quantitative estimate of drug-likeness (QED) is 0.740. The summed E-state index contributed by atoms with van der Waals surface area (Å²) in [6.45, 7) is 2.58. The van der Waals surface area contributed by atoms with E-state index >= 15 is 0 Å². The lowest BCUT2D eigenvalue weighted by molar-refractivity contribution is -0.135. The largest absolute Gasteiger partial charge is 0.482 e. The summed E-state index contributed by atoms with van der Waals surface area (Å²) in [5, 5.41) is 0.119. The van der Waals surface area contributed by atoms with Crippen molar-refractivity contribution in [2.75, 3.05) is 51.3 Å². The third kappa shape index (κ3) is 5.92. The summed E-state index contributed by atoms with van der Waals surface area (Å²) in [6.07, 6.45) is 1.21.